The van der Waals surface area contributed by atoms with Crippen molar-refractivity contribution in [2.24, 2.45) is 0 Å². The van der Waals surface area contributed by atoms with E-state index in [2.05, 4.69) is 15.0 Å². The van der Waals surface area contributed by atoms with Crippen LogP contribution in [0.4, 0.5) is 4.39 Å². The number of ether oxygens (including phenoxy) is 2. The fraction of sp³-hybridized carbons (Fsp3) is 0.409. The minimum atomic E-state index is -0.511. The maximum absolute atomic E-state index is 13.6. The number of hydrogen-bond acceptors (Lipinski definition) is 8. The van der Waals surface area contributed by atoms with Crippen molar-refractivity contribution >= 4 is 17.7 Å². The first-order valence-electron chi connectivity index (χ1n) is 10.6. The Bertz CT molecular complexity index is 1120. The fourth-order valence-electron chi connectivity index (χ4n) is 4.68. The van der Waals surface area contributed by atoms with Crippen LogP contribution in [0, 0.1) is 5.82 Å². The topological polar surface area (TPSA) is 82.6 Å². The van der Waals surface area contributed by atoms with Crippen LogP contribution in [-0.2, 0) is 9.47 Å². The monoisotopic (exact) mass is 456 g/mol. The third kappa shape index (κ3) is 3.38. The van der Waals surface area contributed by atoms with Crippen molar-refractivity contribution in [3.8, 4) is 11.6 Å². The molecule has 166 valence electrons. The molecule has 8 nitrogen and oxygen atoms in total. The summed E-state index contributed by atoms with van der Waals surface area (Å²) in [4.78, 5) is 20.2. The summed E-state index contributed by atoms with van der Waals surface area (Å²) in [6.45, 7) is 2.64. The van der Waals surface area contributed by atoms with Crippen LogP contribution in [0.5, 0.6) is 0 Å². The third-order valence-corrected chi connectivity index (χ3v) is 7.46. The first-order chi connectivity index (χ1) is 15.6. The molecule has 2 fully saturated rings. The van der Waals surface area contributed by atoms with E-state index in [4.69, 9.17) is 13.9 Å². The molecule has 2 saturated heterocycles. The van der Waals surface area contributed by atoms with Gasteiger partial charge in [-0.1, -0.05) is 23.9 Å². The molecule has 1 spiro atoms. The SMILES string of the molecule is O=C1C(C(c2ccc(F)cc2)N2CCC3(CC2)OCCO3)Sc2nc(-c3ccco3)nn21. The van der Waals surface area contributed by atoms with Crippen molar-refractivity contribution in [1.29, 1.82) is 0 Å². The van der Waals surface area contributed by atoms with E-state index in [-0.39, 0.29) is 17.8 Å². The largest absolute Gasteiger partial charge is 0.461 e. The standard InChI is InChI=1S/C22H21FN4O4S/c23-15-5-3-14(4-6-15)17(26-9-7-22(8-10-26)30-12-13-31-22)18-20(28)27-21(32-18)24-19(25-27)16-2-1-11-29-16/h1-6,11,17-18H,7-10,12-13H2. The van der Waals surface area contributed by atoms with E-state index in [9.17, 15) is 9.18 Å². The molecule has 2 atom stereocenters. The molecule has 0 aliphatic carbocycles. The molecule has 3 aromatic rings. The number of rotatable bonds is 4. The molecule has 1 aromatic carbocycles. The van der Waals surface area contributed by atoms with Crippen molar-refractivity contribution in [3.05, 3.63) is 54.0 Å². The molecule has 10 heteroatoms. The van der Waals surface area contributed by atoms with Crippen molar-refractivity contribution in [2.45, 2.75) is 35.1 Å². The van der Waals surface area contributed by atoms with Gasteiger partial charge in [-0.3, -0.25) is 9.69 Å². The molecule has 2 aromatic heterocycles. The lowest BCUT2D eigenvalue weighted by atomic mass is 9.96. The summed E-state index contributed by atoms with van der Waals surface area (Å²) >= 11 is 1.39. The second-order valence-corrected chi connectivity index (χ2v) is 9.23. The van der Waals surface area contributed by atoms with Gasteiger partial charge in [-0.2, -0.15) is 9.67 Å². The van der Waals surface area contributed by atoms with Crippen LogP contribution < -0.4 is 0 Å². The van der Waals surface area contributed by atoms with Gasteiger partial charge in [-0.25, -0.2) is 4.39 Å². The van der Waals surface area contributed by atoms with Gasteiger partial charge in [0.15, 0.2) is 16.7 Å². The average molecular weight is 456 g/mol. The number of fused-ring (bicyclic) bond motifs is 1. The molecule has 5 heterocycles. The van der Waals surface area contributed by atoms with E-state index in [0.29, 0.717) is 43.0 Å². The Kier molecular flexibility index (Phi) is 4.90. The summed E-state index contributed by atoms with van der Waals surface area (Å²) in [5.41, 5.74) is 0.887. The summed E-state index contributed by atoms with van der Waals surface area (Å²) in [5, 5.41) is 4.47. The van der Waals surface area contributed by atoms with Gasteiger partial charge in [-0.15, -0.1) is 5.10 Å². The van der Waals surface area contributed by atoms with Crippen molar-refractivity contribution in [1.82, 2.24) is 19.7 Å². The zero-order valence-electron chi connectivity index (χ0n) is 17.1. The van der Waals surface area contributed by atoms with Crippen molar-refractivity contribution in [2.75, 3.05) is 26.3 Å². The van der Waals surface area contributed by atoms with Crippen molar-refractivity contribution in [3.63, 3.8) is 0 Å². The number of thioether (sulfide) groups is 1. The lowest BCUT2D eigenvalue weighted by Gasteiger charge is -2.42. The molecule has 0 amide bonds. The van der Waals surface area contributed by atoms with Crippen LogP contribution >= 0.6 is 11.8 Å². The minimum Gasteiger partial charge on any atom is -0.461 e. The van der Waals surface area contributed by atoms with Gasteiger partial charge in [0.25, 0.3) is 5.91 Å². The van der Waals surface area contributed by atoms with E-state index in [1.54, 1.807) is 30.5 Å². The minimum absolute atomic E-state index is 0.140. The van der Waals surface area contributed by atoms with Gasteiger partial charge < -0.3 is 13.9 Å². The number of nitrogens with zero attached hydrogens (tertiary/aromatic N) is 4. The average Bonchev–Trinajstić information content (AvgIpc) is 3.59. The molecular formula is C22H21FN4O4S. The zero-order chi connectivity index (χ0) is 21.7. The molecule has 0 radical (unpaired) electrons. The van der Waals surface area contributed by atoms with Crippen molar-refractivity contribution < 1.29 is 23.1 Å². The number of aromatic nitrogens is 3. The highest BCUT2D eigenvalue weighted by Crippen LogP contribution is 2.44. The highest BCUT2D eigenvalue weighted by Gasteiger charge is 2.47. The van der Waals surface area contributed by atoms with E-state index < -0.39 is 11.0 Å². The number of carbonyl (C=O) groups is 1. The number of halogens is 1. The summed E-state index contributed by atoms with van der Waals surface area (Å²) < 4.78 is 32.1. The van der Waals surface area contributed by atoms with E-state index in [1.807, 2.05) is 0 Å². The number of furan rings is 1. The Morgan fingerprint density at radius 3 is 2.53 bits per heavy atom. The lowest BCUT2D eigenvalue weighted by molar-refractivity contribution is -0.187. The van der Waals surface area contributed by atoms with Gasteiger partial charge in [0.2, 0.25) is 5.82 Å². The maximum Gasteiger partial charge on any atom is 0.264 e. The highest BCUT2D eigenvalue weighted by molar-refractivity contribution is 8.00. The van der Waals surface area contributed by atoms with Gasteiger partial charge in [0.05, 0.1) is 25.5 Å². The van der Waals surface area contributed by atoms with E-state index in [1.165, 1.54) is 28.6 Å². The van der Waals surface area contributed by atoms with Gasteiger partial charge in [0.1, 0.15) is 11.1 Å². The third-order valence-electron chi connectivity index (χ3n) is 6.27. The molecule has 0 N–H and O–H groups in total. The van der Waals surface area contributed by atoms with Crippen LogP contribution in [0.15, 0.2) is 52.2 Å². The van der Waals surface area contributed by atoms with Crippen LogP contribution in [0.25, 0.3) is 11.6 Å². The number of carbonyl (C=O) groups excluding carboxylic acids is 1. The number of likely N-dealkylation sites (tertiary alicyclic amines) is 1. The van der Waals surface area contributed by atoms with Gasteiger partial charge in [0, 0.05) is 25.9 Å². The molecule has 32 heavy (non-hydrogen) atoms. The molecule has 6 rings (SSSR count). The second-order valence-electron chi connectivity index (χ2n) is 8.12. The Balaban J connectivity index is 1.29. The predicted molar refractivity (Wildman–Crippen MR) is 113 cm³/mol. The molecule has 0 bridgehead atoms. The zero-order valence-corrected chi connectivity index (χ0v) is 18.0. The molecule has 2 unspecified atom stereocenters. The summed E-state index contributed by atoms with van der Waals surface area (Å²) in [6.07, 6.45) is 2.99. The Morgan fingerprint density at radius 2 is 1.88 bits per heavy atom. The Morgan fingerprint density at radius 1 is 1.12 bits per heavy atom. The van der Waals surface area contributed by atoms with Crippen LogP contribution in [0.1, 0.15) is 29.2 Å². The molecule has 0 saturated carbocycles. The smallest absolute Gasteiger partial charge is 0.264 e. The summed E-state index contributed by atoms with van der Waals surface area (Å²) in [7, 11) is 0. The Hall–Kier alpha value is -2.53. The molecule has 3 aliphatic heterocycles. The van der Waals surface area contributed by atoms with Gasteiger partial charge >= 0.3 is 0 Å². The predicted octanol–water partition coefficient (Wildman–Crippen LogP) is 3.37. The van der Waals surface area contributed by atoms with E-state index >= 15 is 0 Å². The van der Waals surface area contributed by atoms with E-state index in [0.717, 1.165) is 18.4 Å². The van der Waals surface area contributed by atoms with Crippen LogP contribution in [0.2, 0.25) is 0 Å². The molecule has 3 aliphatic rings. The number of benzene rings is 1. The maximum atomic E-state index is 13.6. The Labute approximate surface area is 187 Å². The van der Waals surface area contributed by atoms with Gasteiger partial charge in [-0.05, 0) is 29.8 Å². The quantitative estimate of drug-likeness (QED) is 0.591. The second kappa shape index (κ2) is 7.80. The summed E-state index contributed by atoms with van der Waals surface area (Å²) in [5.74, 6) is -0.0506. The lowest BCUT2D eigenvalue weighted by Crippen LogP contribution is -2.49. The summed E-state index contributed by atoms with van der Waals surface area (Å²) in [6, 6.07) is 9.65. The molecular weight excluding hydrogens is 435 g/mol. The number of hydrogen-bond donors (Lipinski definition) is 0. The van der Waals surface area contributed by atoms with Crippen LogP contribution in [-0.4, -0.2) is 62.9 Å². The van der Waals surface area contributed by atoms with Crippen LogP contribution in [0.3, 0.4) is 0 Å². The first kappa shape index (κ1) is 20.1. The fourth-order valence-corrected chi connectivity index (χ4v) is 5.93. The first-order valence-corrected chi connectivity index (χ1v) is 11.5. The number of piperidine rings is 1. The highest BCUT2D eigenvalue weighted by atomic mass is 32.2. The normalized spacial score (nSPS) is 23.7.